The molecule has 4 atom stereocenters. The van der Waals surface area contributed by atoms with Crippen molar-refractivity contribution in [3.63, 3.8) is 0 Å². The first kappa shape index (κ1) is 21.0. The molecule has 0 aromatic heterocycles. The van der Waals surface area contributed by atoms with Gasteiger partial charge in [0, 0.05) is 30.2 Å². The first-order chi connectivity index (χ1) is 14.2. The molecule has 0 unspecified atom stereocenters. The molecule has 1 saturated carbocycles. The maximum Gasteiger partial charge on any atom is 0.416 e. The van der Waals surface area contributed by atoms with Gasteiger partial charge in [-0.2, -0.15) is 13.2 Å². The average Bonchev–Trinajstić information content (AvgIpc) is 3.05. The van der Waals surface area contributed by atoms with Crippen LogP contribution in [0.3, 0.4) is 0 Å². The number of hydrogen-bond acceptors (Lipinski definition) is 2. The lowest BCUT2D eigenvalue weighted by molar-refractivity contribution is -0.138. The van der Waals surface area contributed by atoms with Crippen molar-refractivity contribution in [2.75, 3.05) is 11.9 Å². The third-order valence-corrected chi connectivity index (χ3v) is 7.37. The number of alkyl halides is 3. The molecule has 4 rings (SSSR count). The zero-order valence-corrected chi connectivity index (χ0v) is 17.1. The topological polar surface area (TPSA) is 61.4 Å². The van der Waals surface area contributed by atoms with Crippen molar-refractivity contribution in [2.24, 2.45) is 11.8 Å². The normalized spacial score (nSPS) is 31.5. The molecular formula is C22H28F3N3O2. The van der Waals surface area contributed by atoms with Gasteiger partial charge in [-0.15, -0.1) is 0 Å². The summed E-state index contributed by atoms with van der Waals surface area (Å²) in [7, 11) is 0. The maximum atomic E-state index is 12.7. The Morgan fingerprint density at radius 2 is 1.87 bits per heavy atom. The van der Waals surface area contributed by atoms with Gasteiger partial charge in [0.25, 0.3) is 0 Å². The van der Waals surface area contributed by atoms with Crippen LogP contribution in [0.1, 0.15) is 57.4 Å². The van der Waals surface area contributed by atoms with Crippen molar-refractivity contribution >= 4 is 17.6 Å². The molecule has 3 aliphatic rings. The van der Waals surface area contributed by atoms with Crippen LogP contribution in [-0.2, 0) is 11.0 Å². The van der Waals surface area contributed by atoms with E-state index in [1.54, 1.807) is 0 Å². The van der Waals surface area contributed by atoms with Gasteiger partial charge in [0.15, 0.2) is 0 Å². The molecule has 1 aromatic rings. The molecule has 1 aliphatic carbocycles. The number of amides is 3. The molecule has 8 heteroatoms. The van der Waals surface area contributed by atoms with E-state index in [-0.39, 0.29) is 23.4 Å². The first-order valence-electron chi connectivity index (χ1n) is 10.8. The SMILES string of the molecule is C[C@H]1[C@@H](NC(=O)Nc2ccc(C(F)(F)F)cc2)CC[C@@]23CCCN2C(=O)CCC[C@@H]13. The van der Waals surface area contributed by atoms with E-state index in [1.165, 1.54) is 12.1 Å². The number of nitrogens with zero attached hydrogens (tertiary/aromatic N) is 1. The van der Waals surface area contributed by atoms with Crippen molar-refractivity contribution in [1.82, 2.24) is 10.2 Å². The highest BCUT2D eigenvalue weighted by atomic mass is 19.4. The number of nitrogens with one attached hydrogen (secondary N) is 2. The predicted octanol–water partition coefficient (Wildman–Crippen LogP) is 4.79. The molecular weight excluding hydrogens is 395 g/mol. The summed E-state index contributed by atoms with van der Waals surface area (Å²) in [5, 5.41) is 5.67. The van der Waals surface area contributed by atoms with Crippen molar-refractivity contribution in [1.29, 1.82) is 0 Å². The molecule has 2 saturated heterocycles. The third kappa shape index (κ3) is 3.76. The molecule has 0 bridgehead atoms. The third-order valence-electron chi connectivity index (χ3n) is 7.37. The largest absolute Gasteiger partial charge is 0.416 e. The van der Waals surface area contributed by atoms with Crippen molar-refractivity contribution in [2.45, 2.75) is 69.6 Å². The molecule has 164 valence electrons. The van der Waals surface area contributed by atoms with Crippen LogP contribution >= 0.6 is 0 Å². The maximum absolute atomic E-state index is 12.7. The Bertz CT molecular complexity index is 811. The average molecular weight is 423 g/mol. The van der Waals surface area contributed by atoms with Crippen LogP contribution in [0.25, 0.3) is 0 Å². The molecule has 2 heterocycles. The van der Waals surface area contributed by atoms with Gasteiger partial charge in [-0.1, -0.05) is 6.92 Å². The second-order valence-electron chi connectivity index (χ2n) is 8.93. The van der Waals surface area contributed by atoms with E-state index in [0.29, 0.717) is 18.0 Å². The molecule has 2 aliphatic heterocycles. The summed E-state index contributed by atoms with van der Waals surface area (Å²) >= 11 is 0. The van der Waals surface area contributed by atoms with Gasteiger partial charge in [0.05, 0.1) is 5.56 Å². The molecule has 30 heavy (non-hydrogen) atoms. The number of urea groups is 1. The highest BCUT2D eigenvalue weighted by molar-refractivity contribution is 5.89. The van der Waals surface area contributed by atoms with Gasteiger partial charge >= 0.3 is 12.2 Å². The van der Waals surface area contributed by atoms with Gasteiger partial charge in [0.1, 0.15) is 0 Å². The Morgan fingerprint density at radius 3 is 2.57 bits per heavy atom. The van der Waals surface area contributed by atoms with Gasteiger partial charge in [-0.05, 0) is 74.6 Å². The van der Waals surface area contributed by atoms with Crippen LogP contribution in [0.4, 0.5) is 23.7 Å². The summed E-state index contributed by atoms with van der Waals surface area (Å²) in [6.07, 6.45) is 1.85. The van der Waals surface area contributed by atoms with E-state index in [4.69, 9.17) is 0 Å². The van der Waals surface area contributed by atoms with E-state index in [1.807, 2.05) is 0 Å². The standard InChI is InChI=1S/C22H28F3N3O2/c1-14-17-4-2-5-19(29)28-13-3-11-21(17,28)12-10-18(14)27-20(30)26-16-8-6-15(7-9-16)22(23,24)25/h6-9,14,17-18H,2-5,10-13H2,1H3,(H2,26,27,30)/t14-,17+,18+,21-/m1/s1. The fraction of sp³-hybridized carbons (Fsp3) is 0.636. The highest BCUT2D eigenvalue weighted by Gasteiger charge is 2.55. The fourth-order valence-electron chi connectivity index (χ4n) is 5.96. The number of carbonyl (C=O) groups is 2. The zero-order valence-electron chi connectivity index (χ0n) is 17.1. The lowest BCUT2D eigenvalue weighted by Crippen LogP contribution is -2.60. The predicted molar refractivity (Wildman–Crippen MR) is 107 cm³/mol. The van der Waals surface area contributed by atoms with E-state index < -0.39 is 17.8 Å². The van der Waals surface area contributed by atoms with Crippen molar-refractivity contribution in [3.05, 3.63) is 29.8 Å². The summed E-state index contributed by atoms with van der Waals surface area (Å²) in [5.74, 6) is 0.855. The minimum atomic E-state index is -4.40. The highest BCUT2D eigenvalue weighted by Crippen LogP contribution is 2.51. The van der Waals surface area contributed by atoms with E-state index >= 15 is 0 Å². The first-order valence-corrected chi connectivity index (χ1v) is 10.8. The fourth-order valence-corrected chi connectivity index (χ4v) is 5.96. The molecule has 3 amide bonds. The summed E-state index contributed by atoms with van der Waals surface area (Å²) in [5.41, 5.74) is -0.485. The van der Waals surface area contributed by atoms with Gasteiger partial charge in [0.2, 0.25) is 5.91 Å². The summed E-state index contributed by atoms with van der Waals surface area (Å²) in [4.78, 5) is 27.2. The van der Waals surface area contributed by atoms with E-state index in [9.17, 15) is 22.8 Å². The minimum absolute atomic E-state index is 0.0225. The molecule has 2 N–H and O–H groups in total. The lowest BCUT2D eigenvalue weighted by atomic mass is 9.63. The monoisotopic (exact) mass is 423 g/mol. The van der Waals surface area contributed by atoms with Gasteiger partial charge in [-0.3, -0.25) is 4.79 Å². The van der Waals surface area contributed by atoms with Crippen LogP contribution in [0.2, 0.25) is 0 Å². The van der Waals surface area contributed by atoms with Crippen LogP contribution in [-0.4, -0.2) is 35.0 Å². The summed E-state index contributed by atoms with van der Waals surface area (Å²) in [6.45, 7) is 3.00. The Hall–Kier alpha value is -2.25. The minimum Gasteiger partial charge on any atom is -0.337 e. The second-order valence-corrected chi connectivity index (χ2v) is 8.93. The smallest absolute Gasteiger partial charge is 0.337 e. The van der Waals surface area contributed by atoms with Gasteiger partial charge in [-0.25, -0.2) is 4.79 Å². The summed E-state index contributed by atoms with van der Waals surface area (Å²) in [6, 6.07) is 4.00. The zero-order chi connectivity index (χ0) is 21.5. The van der Waals surface area contributed by atoms with E-state index in [2.05, 4.69) is 22.5 Å². The number of hydrogen-bond donors (Lipinski definition) is 2. The van der Waals surface area contributed by atoms with Crippen LogP contribution in [0.5, 0.6) is 0 Å². The lowest BCUT2D eigenvalue weighted by Gasteiger charge is -2.52. The molecule has 0 radical (unpaired) electrons. The molecule has 3 fully saturated rings. The van der Waals surface area contributed by atoms with E-state index in [0.717, 1.165) is 57.2 Å². The van der Waals surface area contributed by atoms with Crippen molar-refractivity contribution < 1.29 is 22.8 Å². The number of benzene rings is 1. The quantitative estimate of drug-likeness (QED) is 0.719. The van der Waals surface area contributed by atoms with Crippen LogP contribution in [0.15, 0.2) is 24.3 Å². The number of rotatable bonds is 2. The Labute approximate surface area is 174 Å². The van der Waals surface area contributed by atoms with Gasteiger partial charge < -0.3 is 15.5 Å². The van der Waals surface area contributed by atoms with Crippen LogP contribution < -0.4 is 10.6 Å². The Balaban J connectivity index is 1.41. The second kappa shape index (κ2) is 7.78. The number of halogens is 3. The molecule has 5 nitrogen and oxygen atoms in total. The molecule has 1 aromatic carbocycles. The summed E-state index contributed by atoms with van der Waals surface area (Å²) < 4.78 is 38.1. The Kier molecular flexibility index (Phi) is 5.45. The molecule has 1 spiro atoms. The Morgan fingerprint density at radius 1 is 1.13 bits per heavy atom. The van der Waals surface area contributed by atoms with Crippen molar-refractivity contribution in [3.8, 4) is 0 Å². The number of anilines is 1. The number of carbonyl (C=O) groups excluding carboxylic acids is 2. The van der Waals surface area contributed by atoms with Crippen LogP contribution in [0, 0.1) is 11.8 Å².